The molecule has 1 aromatic heterocycles. The molecule has 1 aliphatic heterocycles. The molecule has 1 fully saturated rings. The first-order chi connectivity index (χ1) is 14.0. The van der Waals surface area contributed by atoms with Gasteiger partial charge in [0, 0.05) is 49.4 Å². The summed E-state index contributed by atoms with van der Waals surface area (Å²) in [7, 11) is 0. The predicted octanol–water partition coefficient (Wildman–Crippen LogP) is 3.37. The van der Waals surface area contributed by atoms with Crippen molar-refractivity contribution in [3.8, 4) is 0 Å². The van der Waals surface area contributed by atoms with Gasteiger partial charge in [0.15, 0.2) is 0 Å². The number of amides is 2. The fourth-order valence-corrected chi connectivity index (χ4v) is 4.82. The molecule has 0 spiro atoms. The quantitative estimate of drug-likeness (QED) is 0.651. The topological polar surface area (TPSA) is 52.7 Å². The number of nitrogens with one attached hydrogen (secondary N) is 1. The molecular formula is C22H29N3O2S2. The van der Waals surface area contributed by atoms with Crippen molar-refractivity contribution < 1.29 is 9.59 Å². The van der Waals surface area contributed by atoms with Crippen molar-refractivity contribution in [1.29, 1.82) is 0 Å². The SMILES string of the molecule is CC(C)Sc1ccc(CC(=O)NCCN2CCN(C(=O)c3cccs3)CC2)cc1. The van der Waals surface area contributed by atoms with Crippen molar-refractivity contribution in [2.45, 2.75) is 30.4 Å². The number of nitrogens with zero attached hydrogens (tertiary/aromatic N) is 2. The molecule has 0 saturated carbocycles. The van der Waals surface area contributed by atoms with Gasteiger partial charge in [0.25, 0.3) is 5.91 Å². The number of hydrogen-bond donors (Lipinski definition) is 1. The summed E-state index contributed by atoms with van der Waals surface area (Å²) in [6, 6.07) is 12.0. The molecule has 2 aromatic rings. The number of hydrogen-bond acceptors (Lipinski definition) is 5. The van der Waals surface area contributed by atoms with E-state index in [4.69, 9.17) is 0 Å². The van der Waals surface area contributed by atoms with Crippen molar-refractivity contribution in [2.75, 3.05) is 39.3 Å². The van der Waals surface area contributed by atoms with E-state index in [2.05, 4.69) is 36.2 Å². The Balaban J connectivity index is 1.33. The van der Waals surface area contributed by atoms with Crippen LogP contribution in [0.5, 0.6) is 0 Å². The highest BCUT2D eigenvalue weighted by molar-refractivity contribution is 7.99. The van der Waals surface area contributed by atoms with Gasteiger partial charge in [-0.15, -0.1) is 23.1 Å². The standard InChI is InChI=1S/C22H29N3O2S2/c1-17(2)29-19-7-5-18(6-8-19)16-21(26)23-9-10-24-11-13-25(14-12-24)22(27)20-4-3-15-28-20/h3-8,15,17H,9-14,16H2,1-2H3,(H,23,26). The molecule has 7 heteroatoms. The molecule has 1 saturated heterocycles. The van der Waals surface area contributed by atoms with Crippen LogP contribution in [0.25, 0.3) is 0 Å². The molecule has 2 amide bonds. The summed E-state index contributed by atoms with van der Waals surface area (Å²) in [5.74, 6) is 0.187. The van der Waals surface area contributed by atoms with Gasteiger partial charge in [0.2, 0.25) is 5.91 Å². The number of thioether (sulfide) groups is 1. The maximum atomic E-state index is 12.4. The zero-order valence-corrected chi connectivity index (χ0v) is 18.7. The van der Waals surface area contributed by atoms with E-state index in [-0.39, 0.29) is 11.8 Å². The average Bonchev–Trinajstić information content (AvgIpc) is 3.24. The van der Waals surface area contributed by atoms with Crippen molar-refractivity contribution in [1.82, 2.24) is 15.1 Å². The zero-order valence-electron chi connectivity index (χ0n) is 17.1. The van der Waals surface area contributed by atoms with Crippen LogP contribution in [-0.2, 0) is 11.2 Å². The lowest BCUT2D eigenvalue weighted by atomic mass is 10.1. The fraction of sp³-hybridized carbons (Fsp3) is 0.455. The minimum Gasteiger partial charge on any atom is -0.355 e. The van der Waals surface area contributed by atoms with Gasteiger partial charge in [-0.2, -0.15) is 0 Å². The second-order valence-corrected chi connectivity index (χ2v) is 10.0. The minimum absolute atomic E-state index is 0.0563. The molecule has 156 valence electrons. The van der Waals surface area contributed by atoms with Gasteiger partial charge in [-0.25, -0.2) is 0 Å². The first-order valence-electron chi connectivity index (χ1n) is 10.1. The number of rotatable bonds is 8. The Bertz CT molecular complexity index is 783. The van der Waals surface area contributed by atoms with E-state index in [1.807, 2.05) is 46.3 Å². The van der Waals surface area contributed by atoms with Gasteiger partial charge in [-0.1, -0.05) is 32.0 Å². The number of thiophene rings is 1. The maximum absolute atomic E-state index is 12.4. The number of carbonyl (C=O) groups excluding carboxylic acids is 2. The lowest BCUT2D eigenvalue weighted by Gasteiger charge is -2.34. The van der Waals surface area contributed by atoms with E-state index in [0.717, 1.165) is 43.2 Å². The van der Waals surface area contributed by atoms with Crippen LogP contribution in [0.2, 0.25) is 0 Å². The number of benzene rings is 1. The van der Waals surface area contributed by atoms with E-state index in [9.17, 15) is 9.59 Å². The molecule has 3 rings (SSSR count). The first kappa shape index (κ1) is 21.9. The van der Waals surface area contributed by atoms with E-state index >= 15 is 0 Å². The molecule has 0 bridgehead atoms. The number of carbonyl (C=O) groups is 2. The Labute approximate surface area is 181 Å². The fourth-order valence-electron chi connectivity index (χ4n) is 3.29. The Morgan fingerprint density at radius 3 is 2.45 bits per heavy atom. The highest BCUT2D eigenvalue weighted by atomic mass is 32.2. The van der Waals surface area contributed by atoms with Crippen LogP contribution in [0.4, 0.5) is 0 Å². The summed E-state index contributed by atoms with van der Waals surface area (Å²) in [5, 5.41) is 5.51. The Kier molecular flexibility index (Phi) is 8.15. The van der Waals surface area contributed by atoms with Gasteiger partial charge < -0.3 is 10.2 Å². The Morgan fingerprint density at radius 2 is 1.83 bits per heavy atom. The first-order valence-corrected chi connectivity index (χ1v) is 11.8. The van der Waals surface area contributed by atoms with E-state index < -0.39 is 0 Å². The molecule has 0 aliphatic carbocycles. The van der Waals surface area contributed by atoms with Gasteiger partial charge in [-0.05, 0) is 29.1 Å². The number of piperazine rings is 1. The molecular weight excluding hydrogens is 402 g/mol. The molecule has 29 heavy (non-hydrogen) atoms. The Hall–Kier alpha value is -1.83. The van der Waals surface area contributed by atoms with Crippen LogP contribution in [0, 0.1) is 0 Å². The highest BCUT2D eigenvalue weighted by Crippen LogP contribution is 2.23. The van der Waals surface area contributed by atoms with E-state index in [1.165, 1.54) is 16.2 Å². The molecule has 0 unspecified atom stereocenters. The third kappa shape index (κ3) is 6.87. The molecule has 5 nitrogen and oxygen atoms in total. The highest BCUT2D eigenvalue weighted by Gasteiger charge is 2.22. The maximum Gasteiger partial charge on any atom is 0.264 e. The molecule has 1 aliphatic rings. The monoisotopic (exact) mass is 431 g/mol. The van der Waals surface area contributed by atoms with Gasteiger partial charge in [-0.3, -0.25) is 14.5 Å². The normalized spacial score (nSPS) is 14.9. The summed E-state index contributed by atoms with van der Waals surface area (Å²) in [6.45, 7) is 8.98. The van der Waals surface area contributed by atoms with Crippen LogP contribution < -0.4 is 5.32 Å². The molecule has 1 N–H and O–H groups in total. The Morgan fingerprint density at radius 1 is 1.10 bits per heavy atom. The van der Waals surface area contributed by atoms with Crippen molar-refractivity contribution in [3.63, 3.8) is 0 Å². The summed E-state index contributed by atoms with van der Waals surface area (Å²) < 4.78 is 0. The third-order valence-corrected chi connectivity index (χ3v) is 6.68. The lowest BCUT2D eigenvalue weighted by Crippen LogP contribution is -2.50. The largest absolute Gasteiger partial charge is 0.355 e. The molecule has 1 aromatic carbocycles. The summed E-state index contributed by atoms with van der Waals surface area (Å²) >= 11 is 3.32. The third-order valence-electron chi connectivity index (χ3n) is 4.80. The van der Waals surface area contributed by atoms with Gasteiger partial charge in [0.05, 0.1) is 11.3 Å². The van der Waals surface area contributed by atoms with Crippen LogP contribution >= 0.6 is 23.1 Å². The molecule has 2 heterocycles. The molecule has 0 atom stereocenters. The van der Waals surface area contributed by atoms with Crippen LogP contribution in [-0.4, -0.2) is 66.1 Å². The van der Waals surface area contributed by atoms with E-state index in [0.29, 0.717) is 18.2 Å². The van der Waals surface area contributed by atoms with Crippen LogP contribution in [0.3, 0.4) is 0 Å². The summed E-state index contributed by atoms with van der Waals surface area (Å²) in [6.07, 6.45) is 0.412. The van der Waals surface area contributed by atoms with Gasteiger partial charge in [0.1, 0.15) is 0 Å². The second-order valence-electron chi connectivity index (χ2n) is 7.45. The molecule has 0 radical (unpaired) electrons. The van der Waals surface area contributed by atoms with Gasteiger partial charge >= 0.3 is 0 Å². The second kappa shape index (κ2) is 10.8. The summed E-state index contributed by atoms with van der Waals surface area (Å²) in [5.41, 5.74) is 1.04. The van der Waals surface area contributed by atoms with Crippen LogP contribution in [0.15, 0.2) is 46.7 Å². The average molecular weight is 432 g/mol. The minimum atomic E-state index is 0.0563. The van der Waals surface area contributed by atoms with Crippen molar-refractivity contribution >= 4 is 34.9 Å². The zero-order chi connectivity index (χ0) is 20.6. The lowest BCUT2D eigenvalue weighted by molar-refractivity contribution is -0.120. The predicted molar refractivity (Wildman–Crippen MR) is 121 cm³/mol. The van der Waals surface area contributed by atoms with Crippen molar-refractivity contribution in [2.24, 2.45) is 0 Å². The summed E-state index contributed by atoms with van der Waals surface area (Å²) in [4.78, 5) is 30.8. The van der Waals surface area contributed by atoms with E-state index in [1.54, 1.807) is 0 Å². The van der Waals surface area contributed by atoms with Crippen molar-refractivity contribution in [3.05, 3.63) is 52.2 Å². The van der Waals surface area contributed by atoms with Crippen LogP contribution in [0.1, 0.15) is 29.1 Å². The smallest absolute Gasteiger partial charge is 0.264 e.